The van der Waals surface area contributed by atoms with Crippen molar-refractivity contribution < 1.29 is 74.5 Å². The fraction of sp³-hybridized carbons (Fsp3) is 0. The van der Waals surface area contributed by atoms with Gasteiger partial charge in [0.2, 0.25) is 14.8 Å². The quantitative estimate of drug-likeness (QED) is 0.320. The van der Waals surface area contributed by atoms with Crippen molar-refractivity contribution in [2.75, 3.05) is 0 Å². The molecule has 0 amide bonds. The van der Waals surface area contributed by atoms with Crippen LogP contribution in [0.2, 0.25) is 0 Å². The van der Waals surface area contributed by atoms with E-state index in [1.807, 2.05) is 0 Å². The van der Waals surface area contributed by atoms with Crippen molar-refractivity contribution in [2.24, 2.45) is 0 Å². The molecule has 0 saturated carbocycles. The molecule has 0 fully saturated rings. The molecule has 7 nitrogen and oxygen atoms in total. The Morgan fingerprint density at radius 1 is 1.10 bits per heavy atom. The molecule has 0 aromatic heterocycles. The van der Waals surface area contributed by atoms with E-state index in [-0.39, 0.29) is 29.6 Å². The molecule has 0 aromatic rings. The van der Waals surface area contributed by atoms with E-state index in [4.69, 9.17) is 30.1 Å². The molecule has 0 aromatic carbocycles. The first-order valence-corrected chi connectivity index (χ1v) is 4.50. The minimum absolute atomic E-state index is 0. The van der Waals surface area contributed by atoms with Crippen LogP contribution in [0, 0.1) is 14.8 Å². The first-order chi connectivity index (χ1) is 3.73. The van der Waals surface area contributed by atoms with Gasteiger partial charge < -0.3 is 12.6 Å². The average Bonchev–Trinajstić information content (AvgIpc) is 1.19. The Labute approximate surface area is 84.4 Å². The van der Waals surface area contributed by atoms with Gasteiger partial charge in [0, 0.05) is 0 Å². The van der Waals surface area contributed by atoms with E-state index in [1.54, 1.807) is 0 Å². The summed E-state index contributed by atoms with van der Waals surface area (Å²) in [5.74, 6) is 0. The second-order valence-electron chi connectivity index (χ2n) is 0.637. The molecule has 0 aliphatic rings. The third-order valence-electron chi connectivity index (χ3n) is 0. The van der Waals surface area contributed by atoms with Gasteiger partial charge in [-0.2, -0.15) is 8.42 Å². The molecule has 0 aliphatic heterocycles. The standard InChI is InChI=1S/BrO3.Na.H2O4S/c2-1(3)4;;1-5(2,3)4/h;;(H2,1,2,3,4)/q-1;+1;. The van der Waals surface area contributed by atoms with Gasteiger partial charge in [-0.15, -0.1) is 0 Å². The zero-order valence-electron chi connectivity index (χ0n) is 4.72. The Hall–Kier alpha value is 1.23. The van der Waals surface area contributed by atoms with Crippen molar-refractivity contribution in [3.63, 3.8) is 0 Å². The van der Waals surface area contributed by atoms with Crippen molar-refractivity contribution in [3.8, 4) is 0 Å². The van der Waals surface area contributed by atoms with Gasteiger partial charge in [-0.05, 0) is 0 Å². The van der Waals surface area contributed by atoms with E-state index in [0.29, 0.717) is 0 Å². The predicted octanol–water partition coefficient (Wildman–Crippen LogP) is -7.22. The van der Waals surface area contributed by atoms with Crippen LogP contribution in [0.1, 0.15) is 0 Å². The molecule has 10 heteroatoms. The second kappa shape index (κ2) is 8.33. The van der Waals surface area contributed by atoms with Crippen LogP contribution in [-0.4, -0.2) is 17.5 Å². The molecule has 0 spiro atoms. The van der Waals surface area contributed by atoms with Gasteiger partial charge in [0.25, 0.3) is 0 Å². The first-order valence-electron chi connectivity index (χ1n) is 1.16. The Kier molecular flexibility index (Phi) is 14.4. The molecule has 0 bridgehead atoms. The summed E-state index contributed by atoms with van der Waals surface area (Å²) in [6.07, 6.45) is 0. The average molecular weight is 249 g/mol. The molecule has 0 radical (unpaired) electrons. The maximum Gasteiger partial charge on any atom is 1.00 e. The van der Waals surface area contributed by atoms with Crippen LogP contribution in [0.15, 0.2) is 0 Å². The van der Waals surface area contributed by atoms with Gasteiger partial charge in [-0.1, -0.05) is 0 Å². The van der Waals surface area contributed by atoms with Crippen LogP contribution < -0.4 is 42.2 Å². The van der Waals surface area contributed by atoms with Gasteiger partial charge in [-0.25, -0.2) is 0 Å². The fourth-order valence-corrected chi connectivity index (χ4v) is 0. The third-order valence-corrected chi connectivity index (χ3v) is 0. The summed E-state index contributed by atoms with van der Waals surface area (Å²) >= 11 is -3.65. The Morgan fingerprint density at radius 2 is 1.10 bits per heavy atom. The molecule has 2 N–H and O–H groups in total. The van der Waals surface area contributed by atoms with Gasteiger partial charge in [0.15, 0.2) is 0 Å². The topological polar surface area (TPSA) is 144 Å². The number of hydrogen-bond donors (Lipinski definition) is 2. The van der Waals surface area contributed by atoms with Gasteiger partial charge in [0.05, 0.1) is 0 Å². The Balaban J connectivity index is -0.0000000910. The van der Waals surface area contributed by atoms with E-state index in [1.165, 1.54) is 0 Å². The molecule has 58 valence electrons. The zero-order valence-corrected chi connectivity index (χ0v) is 9.12. The minimum Gasteiger partial charge on any atom is -0.405 e. The molecule has 0 atom stereocenters. The molecular formula is H2BrNaO7S. The number of rotatable bonds is 0. The van der Waals surface area contributed by atoms with Crippen LogP contribution >= 0.6 is 0 Å². The summed E-state index contributed by atoms with van der Waals surface area (Å²) in [5, 5.41) is 0. The van der Waals surface area contributed by atoms with Crippen LogP contribution in [-0.2, 0) is 10.4 Å². The summed E-state index contributed by atoms with van der Waals surface area (Å²) in [4.78, 5) is 0. The van der Waals surface area contributed by atoms with Gasteiger partial charge >= 0.3 is 40.0 Å². The van der Waals surface area contributed by atoms with E-state index in [9.17, 15) is 0 Å². The van der Waals surface area contributed by atoms with Crippen molar-refractivity contribution in [2.45, 2.75) is 0 Å². The van der Waals surface area contributed by atoms with E-state index in [2.05, 4.69) is 0 Å². The van der Waals surface area contributed by atoms with E-state index >= 15 is 0 Å². The number of halogens is 1. The van der Waals surface area contributed by atoms with Crippen molar-refractivity contribution in [3.05, 3.63) is 0 Å². The van der Waals surface area contributed by atoms with E-state index in [0.717, 1.165) is 0 Å². The maximum atomic E-state index is 8.74. The van der Waals surface area contributed by atoms with Crippen molar-refractivity contribution >= 4 is 10.4 Å². The van der Waals surface area contributed by atoms with Gasteiger partial charge in [-0.3, -0.25) is 9.11 Å². The summed E-state index contributed by atoms with van der Waals surface area (Å²) < 4.78 is 57.1. The van der Waals surface area contributed by atoms with Crippen LogP contribution in [0.3, 0.4) is 0 Å². The smallest absolute Gasteiger partial charge is 0.405 e. The number of hydrogen-bond acceptors (Lipinski definition) is 5. The molecule has 0 heterocycles. The van der Waals surface area contributed by atoms with Crippen LogP contribution in [0.25, 0.3) is 0 Å². The molecule has 0 saturated heterocycles. The molecule has 0 unspecified atom stereocenters. The fourth-order valence-electron chi connectivity index (χ4n) is 0. The predicted molar refractivity (Wildman–Crippen MR) is 14.2 cm³/mol. The summed E-state index contributed by atoms with van der Waals surface area (Å²) in [6, 6.07) is 0. The Morgan fingerprint density at radius 3 is 1.10 bits per heavy atom. The minimum atomic E-state index is -4.67. The van der Waals surface area contributed by atoms with Gasteiger partial charge in [0.1, 0.15) is 0 Å². The SMILES string of the molecule is O=S(=O)(O)O.[Na+].[O-][Br+2]([O-])[O-]. The first kappa shape index (κ1) is 17.4. The van der Waals surface area contributed by atoms with E-state index < -0.39 is 25.2 Å². The summed E-state index contributed by atoms with van der Waals surface area (Å²) in [6.45, 7) is 0. The zero-order chi connectivity index (χ0) is 8.08. The Bertz CT molecular complexity index is 125. The third kappa shape index (κ3) is 413. The second-order valence-corrected chi connectivity index (χ2v) is 2.33. The largest absolute Gasteiger partial charge is 1.00 e. The monoisotopic (exact) mass is 248 g/mol. The van der Waals surface area contributed by atoms with Crippen molar-refractivity contribution in [1.29, 1.82) is 0 Å². The van der Waals surface area contributed by atoms with Crippen LogP contribution in [0.5, 0.6) is 0 Å². The molecule has 0 aliphatic carbocycles. The maximum absolute atomic E-state index is 8.74. The van der Waals surface area contributed by atoms with Crippen LogP contribution in [0.4, 0.5) is 0 Å². The summed E-state index contributed by atoms with van der Waals surface area (Å²) in [5.41, 5.74) is 0. The summed E-state index contributed by atoms with van der Waals surface area (Å²) in [7, 11) is -4.67. The molecule has 0 rings (SSSR count). The van der Waals surface area contributed by atoms with Crippen molar-refractivity contribution in [1.82, 2.24) is 0 Å². The molecular weight excluding hydrogens is 247 g/mol. The molecule has 10 heavy (non-hydrogen) atoms. The normalized spacial score (nSPS) is 9.40.